The fourth-order valence-corrected chi connectivity index (χ4v) is 4.24. The zero-order valence-corrected chi connectivity index (χ0v) is 20.0. The molecule has 0 aromatic heterocycles. The number of nitrogens with zero attached hydrogens (tertiary/aromatic N) is 1. The first-order valence-corrected chi connectivity index (χ1v) is 12.3. The zero-order chi connectivity index (χ0) is 21.8. The lowest BCUT2D eigenvalue weighted by atomic mass is 9.79. The smallest absolute Gasteiger partial charge is 0.412 e. The second kappa shape index (κ2) is 9.58. The summed E-state index contributed by atoms with van der Waals surface area (Å²) in [5.74, 6) is -0.210. The predicted octanol–water partition coefficient (Wildman–Crippen LogP) is 3.83. The summed E-state index contributed by atoms with van der Waals surface area (Å²) in [7, 11) is -1.16. The molecule has 0 N–H and O–H groups in total. The first kappa shape index (κ1) is 24.9. The van der Waals surface area contributed by atoms with Crippen LogP contribution in [0, 0.1) is 11.3 Å². The van der Waals surface area contributed by atoms with Gasteiger partial charge in [0.25, 0.3) is 0 Å². The van der Waals surface area contributed by atoms with E-state index in [-0.39, 0.29) is 24.5 Å². The van der Waals surface area contributed by atoms with Gasteiger partial charge >= 0.3 is 12.1 Å². The van der Waals surface area contributed by atoms with Crippen molar-refractivity contribution in [2.75, 3.05) is 26.4 Å². The average Bonchev–Trinajstić information content (AvgIpc) is 2.84. The summed E-state index contributed by atoms with van der Waals surface area (Å²) in [6.45, 7) is 18.6. The van der Waals surface area contributed by atoms with Gasteiger partial charge in [0.1, 0.15) is 12.2 Å². The highest BCUT2D eigenvalue weighted by Gasteiger charge is 2.53. The predicted molar refractivity (Wildman–Crippen MR) is 109 cm³/mol. The van der Waals surface area contributed by atoms with Crippen LogP contribution in [-0.4, -0.2) is 63.7 Å². The number of carbonyl (C=O) groups excluding carboxylic acids is 2. The molecule has 1 radical (unpaired) electrons. The molecule has 1 aliphatic heterocycles. The molecule has 28 heavy (non-hydrogen) atoms. The summed E-state index contributed by atoms with van der Waals surface area (Å²) in [5, 5.41) is 0. The van der Waals surface area contributed by atoms with Crippen LogP contribution in [0.5, 0.6) is 0 Å². The Balaban J connectivity index is 3.12. The second-order valence-corrected chi connectivity index (χ2v) is 11.6. The van der Waals surface area contributed by atoms with E-state index >= 15 is 0 Å². The van der Waals surface area contributed by atoms with Gasteiger partial charge in [-0.15, -0.1) is 0 Å². The van der Waals surface area contributed by atoms with Crippen LogP contribution in [0.4, 0.5) is 4.79 Å². The number of likely N-dealkylation sites (tertiary alicyclic amines) is 1. The van der Waals surface area contributed by atoms with Crippen molar-refractivity contribution in [1.82, 2.24) is 4.90 Å². The van der Waals surface area contributed by atoms with E-state index in [0.29, 0.717) is 19.6 Å². The number of carbonyl (C=O) groups is 2. The minimum atomic E-state index is -1.16. The van der Waals surface area contributed by atoms with Gasteiger partial charge in [0.05, 0.1) is 13.2 Å². The molecule has 1 saturated heterocycles. The first-order valence-electron chi connectivity index (χ1n) is 9.93. The van der Waals surface area contributed by atoms with Crippen molar-refractivity contribution in [3.8, 4) is 0 Å². The molecular weight excluding hydrogens is 378 g/mol. The van der Waals surface area contributed by atoms with Gasteiger partial charge in [-0.25, -0.2) is 9.59 Å². The van der Waals surface area contributed by atoms with Gasteiger partial charge in [-0.1, -0.05) is 20.8 Å². The highest BCUT2D eigenvalue weighted by molar-refractivity contribution is 6.48. The van der Waals surface area contributed by atoms with Crippen LogP contribution in [0.2, 0.25) is 13.1 Å². The molecule has 0 aliphatic carbocycles. The molecule has 7 nitrogen and oxygen atoms in total. The minimum Gasteiger partial charge on any atom is -0.464 e. The molecule has 0 aromatic carbocycles. The number of hydrogen-bond donors (Lipinski definition) is 0. The molecule has 8 heteroatoms. The second-order valence-electron chi connectivity index (χ2n) is 9.61. The Morgan fingerprint density at radius 3 is 2.21 bits per heavy atom. The largest absolute Gasteiger partial charge is 0.464 e. The Labute approximate surface area is 171 Å². The van der Waals surface area contributed by atoms with Crippen molar-refractivity contribution in [1.29, 1.82) is 0 Å². The maximum atomic E-state index is 13.0. The number of amides is 1. The van der Waals surface area contributed by atoms with E-state index in [2.05, 4.69) is 20.8 Å². The molecule has 1 fully saturated rings. The van der Waals surface area contributed by atoms with E-state index in [4.69, 9.17) is 18.6 Å². The summed E-state index contributed by atoms with van der Waals surface area (Å²) >= 11 is 0. The Morgan fingerprint density at radius 1 is 1.14 bits per heavy atom. The summed E-state index contributed by atoms with van der Waals surface area (Å²) in [6, 6.07) is 0. The van der Waals surface area contributed by atoms with E-state index in [0.717, 1.165) is 0 Å². The lowest BCUT2D eigenvalue weighted by molar-refractivity contribution is -0.155. The van der Waals surface area contributed by atoms with E-state index < -0.39 is 32.4 Å². The van der Waals surface area contributed by atoms with Gasteiger partial charge in [-0.2, -0.15) is 0 Å². The highest BCUT2D eigenvalue weighted by Crippen LogP contribution is 2.44. The van der Waals surface area contributed by atoms with Crippen molar-refractivity contribution in [2.24, 2.45) is 11.3 Å². The Hall–Kier alpha value is -1.12. The third-order valence-corrected chi connectivity index (χ3v) is 5.33. The Kier molecular flexibility index (Phi) is 8.53. The van der Waals surface area contributed by atoms with Gasteiger partial charge in [-0.05, 0) is 52.1 Å². The molecule has 1 heterocycles. The van der Waals surface area contributed by atoms with Gasteiger partial charge < -0.3 is 18.6 Å². The topological polar surface area (TPSA) is 74.3 Å². The monoisotopic (exact) mass is 416 g/mol. The van der Waals surface area contributed by atoms with E-state index in [1.807, 2.05) is 33.9 Å². The summed E-state index contributed by atoms with van der Waals surface area (Å²) in [4.78, 5) is 26.4. The molecule has 0 saturated carbocycles. The molecule has 0 spiro atoms. The summed E-state index contributed by atoms with van der Waals surface area (Å²) < 4.78 is 22.6. The lowest BCUT2D eigenvalue weighted by Crippen LogP contribution is -2.55. The van der Waals surface area contributed by atoms with Crippen molar-refractivity contribution >= 4 is 21.1 Å². The quantitative estimate of drug-likeness (QED) is 0.464. The SMILES string of the molecule is CCOC(=O)COC[C@@]1(O[Si](C)C)C[C@H](C(C)(C)C)CN1C(=O)OC(C)(C)C. The normalized spacial score (nSPS) is 23.2. The number of hydrogen-bond acceptors (Lipinski definition) is 6. The summed E-state index contributed by atoms with van der Waals surface area (Å²) in [5.41, 5.74) is -1.56. The molecular formula is C20H38NO6Si. The van der Waals surface area contributed by atoms with E-state index in [1.165, 1.54) is 0 Å². The zero-order valence-electron chi connectivity index (χ0n) is 19.0. The number of ether oxygens (including phenoxy) is 3. The third-order valence-electron chi connectivity index (χ3n) is 4.55. The van der Waals surface area contributed by atoms with Crippen LogP contribution in [0.25, 0.3) is 0 Å². The molecule has 0 unspecified atom stereocenters. The van der Waals surface area contributed by atoms with Crippen LogP contribution in [0.15, 0.2) is 0 Å². The van der Waals surface area contributed by atoms with Crippen LogP contribution < -0.4 is 0 Å². The fraction of sp³-hybridized carbons (Fsp3) is 0.900. The van der Waals surface area contributed by atoms with Gasteiger partial charge in [0, 0.05) is 13.0 Å². The number of esters is 1. The van der Waals surface area contributed by atoms with Crippen LogP contribution >= 0.6 is 0 Å². The van der Waals surface area contributed by atoms with Gasteiger partial charge in [-0.3, -0.25) is 4.90 Å². The average molecular weight is 417 g/mol. The van der Waals surface area contributed by atoms with Crippen LogP contribution in [0.3, 0.4) is 0 Å². The van der Waals surface area contributed by atoms with Crippen LogP contribution in [0.1, 0.15) is 54.9 Å². The molecule has 1 amide bonds. The molecule has 0 bridgehead atoms. The molecule has 163 valence electrons. The van der Waals surface area contributed by atoms with Crippen molar-refractivity contribution in [3.63, 3.8) is 0 Å². The van der Waals surface area contributed by atoms with Gasteiger partial charge in [0.2, 0.25) is 9.04 Å². The van der Waals surface area contributed by atoms with Crippen molar-refractivity contribution in [2.45, 2.75) is 79.3 Å². The fourth-order valence-electron chi connectivity index (χ4n) is 3.22. The Morgan fingerprint density at radius 2 is 1.75 bits per heavy atom. The lowest BCUT2D eigenvalue weighted by Gasteiger charge is -2.40. The van der Waals surface area contributed by atoms with Crippen molar-refractivity contribution < 1.29 is 28.2 Å². The molecule has 2 atom stereocenters. The summed E-state index contributed by atoms with van der Waals surface area (Å²) in [6.07, 6.45) is 0.219. The molecule has 0 aromatic rings. The van der Waals surface area contributed by atoms with Crippen molar-refractivity contribution in [3.05, 3.63) is 0 Å². The van der Waals surface area contributed by atoms with E-state index in [9.17, 15) is 9.59 Å². The maximum Gasteiger partial charge on any atom is 0.412 e. The third kappa shape index (κ3) is 7.37. The Bertz CT molecular complexity index is 540. The molecule has 1 aliphatic rings. The van der Waals surface area contributed by atoms with Gasteiger partial charge in [0.15, 0.2) is 5.72 Å². The maximum absolute atomic E-state index is 13.0. The standard InChI is InChI=1S/C20H38NO6Si/c1-10-25-16(22)13-24-14-20(27-28(8)9)11-15(18(2,3)4)12-21(20)17(23)26-19(5,6)7/h15H,10-14H2,1-9H3/t15-,20-/m0/s1. The van der Waals surface area contributed by atoms with E-state index in [1.54, 1.807) is 11.8 Å². The molecule has 1 rings (SSSR count). The minimum absolute atomic E-state index is 0.0130. The van der Waals surface area contributed by atoms with Crippen LogP contribution in [-0.2, 0) is 23.4 Å². The number of rotatable bonds is 7. The first-order chi connectivity index (χ1) is 12.7. The highest BCUT2D eigenvalue weighted by atomic mass is 28.3.